The van der Waals surface area contributed by atoms with Crippen LogP contribution in [0.3, 0.4) is 0 Å². The number of hydrogen-bond acceptors (Lipinski definition) is 4. The van der Waals surface area contributed by atoms with Crippen molar-refractivity contribution in [3.05, 3.63) is 53.1 Å². The van der Waals surface area contributed by atoms with Gasteiger partial charge in [-0.25, -0.2) is 0 Å². The van der Waals surface area contributed by atoms with Crippen molar-refractivity contribution < 1.29 is 19.1 Å². The Bertz CT molecular complexity index is 790. The standard InChI is InChI=1S/C18H16ClNO4/c1-12-6-7-13(19)16(10-12)24-18(22)8-9-20-14-4-2-3-5-15(14)23-11-17(20)21/h2-7,10H,8-9,11H2,1H3. The van der Waals surface area contributed by atoms with E-state index in [1.807, 2.05) is 25.1 Å². The number of anilines is 1. The molecule has 0 bridgehead atoms. The molecule has 0 radical (unpaired) electrons. The van der Waals surface area contributed by atoms with Crippen LogP contribution < -0.4 is 14.4 Å². The highest BCUT2D eigenvalue weighted by Gasteiger charge is 2.25. The van der Waals surface area contributed by atoms with E-state index in [9.17, 15) is 9.59 Å². The fourth-order valence-corrected chi connectivity index (χ4v) is 2.62. The molecule has 1 aliphatic heterocycles. The molecule has 0 saturated heterocycles. The minimum absolute atomic E-state index is 0.0320. The molecule has 1 aliphatic rings. The van der Waals surface area contributed by atoms with Crippen molar-refractivity contribution >= 4 is 29.2 Å². The fourth-order valence-electron chi connectivity index (χ4n) is 2.46. The first-order valence-electron chi connectivity index (χ1n) is 7.53. The molecular weight excluding hydrogens is 330 g/mol. The Balaban J connectivity index is 1.66. The number of carbonyl (C=O) groups excluding carboxylic acids is 2. The van der Waals surface area contributed by atoms with Crippen molar-refractivity contribution in [3.63, 3.8) is 0 Å². The van der Waals surface area contributed by atoms with Crippen LogP contribution in [0.4, 0.5) is 5.69 Å². The molecule has 3 rings (SSSR count). The number of nitrogens with zero attached hydrogens (tertiary/aromatic N) is 1. The van der Waals surface area contributed by atoms with E-state index in [2.05, 4.69) is 0 Å². The van der Waals surface area contributed by atoms with Crippen LogP contribution >= 0.6 is 11.6 Å². The zero-order valence-electron chi connectivity index (χ0n) is 13.1. The van der Waals surface area contributed by atoms with Gasteiger partial charge in [-0.3, -0.25) is 9.59 Å². The van der Waals surface area contributed by atoms with Crippen molar-refractivity contribution in [2.75, 3.05) is 18.1 Å². The summed E-state index contributed by atoms with van der Waals surface area (Å²) in [5.74, 6) is 0.330. The van der Waals surface area contributed by atoms with E-state index in [1.165, 1.54) is 4.90 Å². The molecule has 0 aliphatic carbocycles. The molecule has 0 atom stereocenters. The van der Waals surface area contributed by atoms with Crippen molar-refractivity contribution in [3.8, 4) is 11.5 Å². The maximum Gasteiger partial charge on any atom is 0.313 e. The number of esters is 1. The van der Waals surface area contributed by atoms with Gasteiger partial charge in [0.15, 0.2) is 6.61 Å². The van der Waals surface area contributed by atoms with Gasteiger partial charge in [-0.2, -0.15) is 0 Å². The van der Waals surface area contributed by atoms with Crippen molar-refractivity contribution in [1.82, 2.24) is 0 Å². The fraction of sp³-hybridized carbons (Fsp3) is 0.222. The number of para-hydroxylation sites is 2. The van der Waals surface area contributed by atoms with Crippen LogP contribution in [0.5, 0.6) is 11.5 Å². The summed E-state index contributed by atoms with van der Waals surface area (Å²) in [6.45, 7) is 2.08. The lowest BCUT2D eigenvalue weighted by molar-refractivity contribution is -0.134. The third kappa shape index (κ3) is 3.51. The molecule has 2 aromatic rings. The highest BCUT2D eigenvalue weighted by atomic mass is 35.5. The van der Waals surface area contributed by atoms with Gasteiger partial charge < -0.3 is 14.4 Å². The topological polar surface area (TPSA) is 55.8 Å². The number of halogens is 1. The Morgan fingerprint density at radius 2 is 2.08 bits per heavy atom. The van der Waals surface area contributed by atoms with E-state index < -0.39 is 5.97 Å². The first-order chi connectivity index (χ1) is 11.5. The Labute approximate surface area is 144 Å². The molecule has 5 nitrogen and oxygen atoms in total. The van der Waals surface area contributed by atoms with Gasteiger partial charge in [0, 0.05) is 6.54 Å². The molecular formula is C18H16ClNO4. The summed E-state index contributed by atoms with van der Waals surface area (Å²) in [6.07, 6.45) is 0.0599. The molecule has 0 saturated carbocycles. The summed E-state index contributed by atoms with van der Waals surface area (Å²) in [5.41, 5.74) is 1.61. The molecule has 0 unspecified atom stereocenters. The van der Waals surface area contributed by atoms with E-state index in [1.54, 1.807) is 24.3 Å². The smallest absolute Gasteiger partial charge is 0.313 e. The van der Waals surface area contributed by atoms with E-state index in [4.69, 9.17) is 21.1 Å². The van der Waals surface area contributed by atoms with Crippen LogP contribution in [0.15, 0.2) is 42.5 Å². The lowest BCUT2D eigenvalue weighted by atomic mass is 10.2. The third-order valence-electron chi connectivity index (χ3n) is 3.66. The number of carbonyl (C=O) groups is 2. The molecule has 0 aromatic heterocycles. The van der Waals surface area contributed by atoms with Gasteiger partial charge in [0.25, 0.3) is 5.91 Å². The van der Waals surface area contributed by atoms with Crippen molar-refractivity contribution in [2.45, 2.75) is 13.3 Å². The second-order valence-electron chi connectivity index (χ2n) is 5.46. The van der Waals surface area contributed by atoms with Crippen molar-refractivity contribution in [1.29, 1.82) is 0 Å². The van der Waals surface area contributed by atoms with Gasteiger partial charge in [0.2, 0.25) is 0 Å². The summed E-state index contributed by atoms with van der Waals surface area (Å²) in [4.78, 5) is 25.7. The van der Waals surface area contributed by atoms with Gasteiger partial charge in [0.05, 0.1) is 17.1 Å². The Hall–Kier alpha value is -2.53. The monoisotopic (exact) mass is 345 g/mol. The number of rotatable bonds is 4. The molecule has 0 spiro atoms. The number of hydrogen-bond donors (Lipinski definition) is 0. The van der Waals surface area contributed by atoms with Crippen LogP contribution in [0, 0.1) is 6.92 Å². The van der Waals surface area contributed by atoms with E-state index in [0.717, 1.165) is 5.56 Å². The summed E-state index contributed by atoms with van der Waals surface area (Å²) >= 11 is 6.02. The molecule has 24 heavy (non-hydrogen) atoms. The predicted molar refractivity (Wildman–Crippen MR) is 90.7 cm³/mol. The van der Waals surface area contributed by atoms with Crippen LogP contribution in [0.25, 0.3) is 0 Å². The van der Waals surface area contributed by atoms with Crippen LogP contribution in [0.1, 0.15) is 12.0 Å². The highest BCUT2D eigenvalue weighted by molar-refractivity contribution is 6.32. The lowest BCUT2D eigenvalue weighted by Gasteiger charge is -2.28. The van der Waals surface area contributed by atoms with Gasteiger partial charge in [-0.1, -0.05) is 29.8 Å². The molecule has 6 heteroatoms. The molecule has 1 heterocycles. The zero-order valence-corrected chi connectivity index (χ0v) is 13.9. The average Bonchev–Trinajstić information content (AvgIpc) is 2.57. The van der Waals surface area contributed by atoms with Crippen LogP contribution in [-0.4, -0.2) is 25.0 Å². The zero-order chi connectivity index (χ0) is 17.1. The normalized spacial score (nSPS) is 13.2. The third-order valence-corrected chi connectivity index (χ3v) is 3.97. The minimum atomic E-state index is -0.445. The summed E-state index contributed by atoms with van der Waals surface area (Å²) < 4.78 is 10.7. The highest BCUT2D eigenvalue weighted by Crippen LogP contribution is 2.31. The van der Waals surface area contributed by atoms with Gasteiger partial charge in [-0.15, -0.1) is 0 Å². The number of fused-ring (bicyclic) bond motifs is 1. The second-order valence-corrected chi connectivity index (χ2v) is 5.87. The Kier molecular flexibility index (Phi) is 4.71. The quantitative estimate of drug-likeness (QED) is 0.629. The molecule has 1 amide bonds. The van der Waals surface area contributed by atoms with Gasteiger partial charge in [-0.05, 0) is 36.8 Å². The van der Waals surface area contributed by atoms with Gasteiger partial charge >= 0.3 is 5.97 Å². The van der Waals surface area contributed by atoms with E-state index in [0.29, 0.717) is 22.2 Å². The van der Waals surface area contributed by atoms with Crippen LogP contribution in [-0.2, 0) is 9.59 Å². The number of aryl methyl sites for hydroxylation is 1. The molecule has 124 valence electrons. The van der Waals surface area contributed by atoms with Gasteiger partial charge in [0.1, 0.15) is 11.5 Å². The number of benzene rings is 2. The first-order valence-corrected chi connectivity index (χ1v) is 7.91. The molecule has 0 N–H and O–H groups in total. The average molecular weight is 346 g/mol. The second kappa shape index (κ2) is 6.93. The number of amides is 1. The predicted octanol–water partition coefficient (Wildman–Crippen LogP) is 3.37. The Morgan fingerprint density at radius 1 is 1.29 bits per heavy atom. The summed E-state index contributed by atoms with van der Waals surface area (Å²) in [7, 11) is 0. The SMILES string of the molecule is Cc1ccc(Cl)c(OC(=O)CCN2C(=O)COc3ccccc32)c1. The van der Waals surface area contributed by atoms with Crippen LogP contribution in [0.2, 0.25) is 5.02 Å². The maximum atomic E-state index is 12.1. The Morgan fingerprint density at radius 3 is 2.92 bits per heavy atom. The number of ether oxygens (including phenoxy) is 2. The van der Waals surface area contributed by atoms with E-state index in [-0.39, 0.29) is 25.5 Å². The first kappa shape index (κ1) is 16.3. The minimum Gasteiger partial charge on any atom is -0.482 e. The van der Waals surface area contributed by atoms with E-state index >= 15 is 0 Å². The maximum absolute atomic E-state index is 12.1. The van der Waals surface area contributed by atoms with Crippen molar-refractivity contribution in [2.24, 2.45) is 0 Å². The summed E-state index contributed by atoms with van der Waals surface area (Å²) in [5, 5.41) is 0.377. The molecule has 0 fully saturated rings. The largest absolute Gasteiger partial charge is 0.482 e. The molecule has 2 aromatic carbocycles. The lowest BCUT2D eigenvalue weighted by Crippen LogP contribution is -2.40. The summed E-state index contributed by atoms with van der Waals surface area (Å²) in [6, 6.07) is 12.5.